The number of para-hydroxylation sites is 1. The van der Waals surface area contributed by atoms with E-state index >= 15 is 0 Å². The standard InChI is InChI=1S/C12H18N2O2S/c1-10-5-3-4-6-12(10)14-8-7-13-9-11(2)17(14,15)16/h3-6,11,13H,7-9H2,1-2H3. The molecule has 17 heavy (non-hydrogen) atoms. The fourth-order valence-corrected chi connectivity index (χ4v) is 3.62. The maximum atomic E-state index is 12.4. The number of anilines is 1. The third-order valence-electron chi connectivity index (χ3n) is 3.12. The number of hydrogen-bond acceptors (Lipinski definition) is 3. The molecule has 5 heteroatoms. The van der Waals surface area contributed by atoms with E-state index in [1.807, 2.05) is 31.2 Å². The molecule has 0 bridgehead atoms. The van der Waals surface area contributed by atoms with E-state index in [0.717, 1.165) is 11.3 Å². The molecule has 1 aliphatic rings. The summed E-state index contributed by atoms with van der Waals surface area (Å²) < 4.78 is 26.3. The highest BCUT2D eigenvalue weighted by Crippen LogP contribution is 2.24. The average Bonchev–Trinajstić information content (AvgIpc) is 2.41. The number of rotatable bonds is 1. The lowest BCUT2D eigenvalue weighted by Gasteiger charge is -2.25. The molecule has 0 amide bonds. The summed E-state index contributed by atoms with van der Waals surface area (Å²) in [5.74, 6) is 0. The van der Waals surface area contributed by atoms with Crippen LogP contribution in [-0.4, -0.2) is 33.3 Å². The van der Waals surface area contributed by atoms with Gasteiger partial charge in [0.2, 0.25) is 10.0 Å². The Morgan fingerprint density at radius 3 is 2.76 bits per heavy atom. The lowest BCUT2D eigenvalue weighted by Crippen LogP contribution is -2.38. The molecule has 1 atom stereocenters. The Balaban J connectivity index is 2.46. The topological polar surface area (TPSA) is 49.4 Å². The molecule has 1 unspecified atom stereocenters. The minimum Gasteiger partial charge on any atom is -0.314 e. The van der Waals surface area contributed by atoms with Crippen LogP contribution in [0.3, 0.4) is 0 Å². The molecular weight excluding hydrogens is 236 g/mol. The molecular formula is C12H18N2O2S. The Bertz CT molecular complexity index is 499. The van der Waals surface area contributed by atoms with E-state index in [9.17, 15) is 8.42 Å². The van der Waals surface area contributed by atoms with Gasteiger partial charge >= 0.3 is 0 Å². The number of nitrogens with one attached hydrogen (secondary N) is 1. The van der Waals surface area contributed by atoms with Crippen molar-refractivity contribution in [3.05, 3.63) is 29.8 Å². The molecule has 1 heterocycles. The van der Waals surface area contributed by atoms with E-state index in [1.54, 1.807) is 6.92 Å². The zero-order chi connectivity index (χ0) is 12.5. The second kappa shape index (κ2) is 4.66. The minimum atomic E-state index is -3.24. The first-order valence-electron chi connectivity index (χ1n) is 5.81. The molecule has 0 spiro atoms. The predicted molar refractivity (Wildman–Crippen MR) is 69.8 cm³/mol. The largest absolute Gasteiger partial charge is 0.314 e. The van der Waals surface area contributed by atoms with E-state index in [4.69, 9.17) is 0 Å². The molecule has 1 aliphatic heterocycles. The second-order valence-electron chi connectivity index (χ2n) is 4.42. The molecule has 0 aliphatic carbocycles. The molecule has 1 aromatic carbocycles. The number of hydrogen-bond donors (Lipinski definition) is 1. The highest BCUT2D eigenvalue weighted by atomic mass is 32.2. The SMILES string of the molecule is Cc1ccccc1N1CCNCC(C)S1(=O)=O. The molecule has 1 saturated heterocycles. The zero-order valence-corrected chi connectivity index (χ0v) is 11.0. The van der Waals surface area contributed by atoms with E-state index in [-0.39, 0.29) is 5.25 Å². The minimum absolute atomic E-state index is 0.385. The van der Waals surface area contributed by atoms with E-state index in [2.05, 4.69) is 5.32 Å². The van der Waals surface area contributed by atoms with Crippen molar-refractivity contribution in [3.63, 3.8) is 0 Å². The summed E-state index contributed by atoms with van der Waals surface area (Å²) in [4.78, 5) is 0. The van der Waals surface area contributed by atoms with Gasteiger partial charge in [-0.2, -0.15) is 0 Å². The van der Waals surface area contributed by atoms with Crippen LogP contribution < -0.4 is 9.62 Å². The Morgan fingerprint density at radius 2 is 2.06 bits per heavy atom. The normalized spacial score (nSPS) is 24.4. The summed E-state index contributed by atoms with van der Waals surface area (Å²) in [5, 5.41) is 2.77. The third-order valence-corrected chi connectivity index (χ3v) is 5.30. The average molecular weight is 254 g/mol. The van der Waals surface area contributed by atoms with Gasteiger partial charge in [-0.3, -0.25) is 4.31 Å². The first kappa shape index (κ1) is 12.4. The molecule has 1 fully saturated rings. The van der Waals surface area contributed by atoms with Crippen molar-refractivity contribution in [1.29, 1.82) is 0 Å². The van der Waals surface area contributed by atoms with Crippen LogP contribution in [0.15, 0.2) is 24.3 Å². The fraction of sp³-hybridized carbons (Fsp3) is 0.500. The van der Waals surface area contributed by atoms with Crippen LogP contribution in [0.4, 0.5) is 5.69 Å². The van der Waals surface area contributed by atoms with Gasteiger partial charge in [-0.05, 0) is 25.5 Å². The lowest BCUT2D eigenvalue weighted by atomic mass is 10.2. The van der Waals surface area contributed by atoms with Crippen molar-refractivity contribution in [2.45, 2.75) is 19.1 Å². The summed E-state index contributed by atoms with van der Waals surface area (Å²) in [5.41, 5.74) is 1.79. The Labute approximate surface area is 103 Å². The molecule has 0 radical (unpaired) electrons. The van der Waals surface area contributed by atoms with Crippen molar-refractivity contribution in [2.24, 2.45) is 0 Å². The third kappa shape index (κ3) is 2.30. The molecule has 2 rings (SSSR count). The molecule has 0 aromatic heterocycles. The number of sulfonamides is 1. The van der Waals surface area contributed by atoms with Crippen molar-refractivity contribution in [1.82, 2.24) is 5.32 Å². The van der Waals surface area contributed by atoms with Gasteiger partial charge in [-0.25, -0.2) is 8.42 Å². The van der Waals surface area contributed by atoms with Crippen LogP contribution in [0, 0.1) is 6.92 Å². The molecule has 0 saturated carbocycles. The highest BCUT2D eigenvalue weighted by Gasteiger charge is 2.31. The van der Waals surface area contributed by atoms with Gasteiger partial charge in [0, 0.05) is 19.6 Å². The summed E-state index contributed by atoms with van der Waals surface area (Å²) in [6.07, 6.45) is 0. The van der Waals surface area contributed by atoms with Gasteiger partial charge in [0.15, 0.2) is 0 Å². The zero-order valence-electron chi connectivity index (χ0n) is 10.2. The van der Waals surface area contributed by atoms with Gasteiger partial charge in [0.1, 0.15) is 0 Å². The van der Waals surface area contributed by atoms with Crippen LogP contribution in [-0.2, 0) is 10.0 Å². The van der Waals surface area contributed by atoms with E-state index < -0.39 is 10.0 Å². The highest BCUT2D eigenvalue weighted by molar-refractivity contribution is 7.93. The Kier molecular flexibility index (Phi) is 3.40. The summed E-state index contributed by atoms with van der Waals surface area (Å²) in [6.45, 7) is 5.40. The predicted octanol–water partition coefficient (Wildman–Crippen LogP) is 1.12. The summed E-state index contributed by atoms with van der Waals surface area (Å²) >= 11 is 0. The van der Waals surface area contributed by atoms with Crippen LogP contribution in [0.2, 0.25) is 0 Å². The van der Waals surface area contributed by atoms with Gasteiger partial charge in [-0.1, -0.05) is 18.2 Å². The van der Waals surface area contributed by atoms with Gasteiger partial charge in [-0.15, -0.1) is 0 Å². The molecule has 4 nitrogen and oxygen atoms in total. The smallest absolute Gasteiger partial charge is 0.239 e. The Hall–Kier alpha value is -1.07. The Morgan fingerprint density at radius 1 is 1.35 bits per heavy atom. The maximum Gasteiger partial charge on any atom is 0.239 e. The number of nitrogens with zero attached hydrogens (tertiary/aromatic N) is 1. The maximum absolute atomic E-state index is 12.4. The van der Waals surface area contributed by atoms with Crippen molar-refractivity contribution in [3.8, 4) is 0 Å². The van der Waals surface area contributed by atoms with Crippen molar-refractivity contribution < 1.29 is 8.42 Å². The van der Waals surface area contributed by atoms with Crippen LogP contribution in [0.5, 0.6) is 0 Å². The molecule has 1 N–H and O–H groups in total. The second-order valence-corrected chi connectivity index (χ2v) is 6.69. The molecule has 1 aromatic rings. The molecule has 94 valence electrons. The summed E-state index contributed by atoms with van der Waals surface area (Å²) in [7, 11) is -3.24. The summed E-state index contributed by atoms with van der Waals surface area (Å²) in [6, 6.07) is 7.60. The first-order valence-corrected chi connectivity index (χ1v) is 7.31. The van der Waals surface area contributed by atoms with E-state index in [0.29, 0.717) is 19.6 Å². The fourth-order valence-electron chi connectivity index (χ4n) is 2.04. The number of aryl methyl sites for hydroxylation is 1. The van der Waals surface area contributed by atoms with Crippen molar-refractivity contribution in [2.75, 3.05) is 23.9 Å². The van der Waals surface area contributed by atoms with Gasteiger partial charge in [0.05, 0.1) is 10.9 Å². The first-order chi connectivity index (χ1) is 8.03. The quantitative estimate of drug-likeness (QED) is 0.817. The van der Waals surface area contributed by atoms with Gasteiger partial charge in [0.25, 0.3) is 0 Å². The van der Waals surface area contributed by atoms with E-state index in [1.165, 1.54) is 4.31 Å². The van der Waals surface area contributed by atoms with Gasteiger partial charge < -0.3 is 5.32 Å². The van der Waals surface area contributed by atoms with Crippen molar-refractivity contribution >= 4 is 15.7 Å². The van der Waals surface area contributed by atoms with Crippen LogP contribution >= 0.6 is 0 Å². The number of benzene rings is 1. The monoisotopic (exact) mass is 254 g/mol. The lowest BCUT2D eigenvalue weighted by molar-refractivity contribution is 0.581. The van der Waals surface area contributed by atoms with Crippen LogP contribution in [0.1, 0.15) is 12.5 Å². The van der Waals surface area contributed by atoms with Crippen LogP contribution in [0.25, 0.3) is 0 Å².